The first-order valence-corrected chi connectivity index (χ1v) is 6.33. The van der Waals surface area contributed by atoms with E-state index in [0.29, 0.717) is 16.2 Å². The van der Waals surface area contributed by atoms with E-state index in [-0.39, 0.29) is 17.8 Å². The van der Waals surface area contributed by atoms with Crippen molar-refractivity contribution in [2.45, 2.75) is 18.9 Å². The Morgan fingerprint density at radius 1 is 1.33 bits per heavy atom. The third-order valence-electron chi connectivity index (χ3n) is 2.18. The molecule has 8 heteroatoms. The minimum absolute atomic E-state index is 0.169. The predicted molar refractivity (Wildman–Crippen MR) is 67.7 cm³/mol. The first kappa shape index (κ1) is 12.5. The maximum absolute atomic E-state index is 11.4. The van der Waals surface area contributed by atoms with Crippen LogP contribution in [0.5, 0.6) is 0 Å². The first-order chi connectivity index (χ1) is 8.52. The third-order valence-corrected chi connectivity index (χ3v) is 2.86. The Kier molecular flexibility index (Phi) is 3.28. The molecule has 18 heavy (non-hydrogen) atoms. The average molecular weight is 265 g/mol. The standard InChI is InChI=1S/C10H11N5O2S/c1-5(16)12-10-13-8-7(9(14-10)18-3)11-4-15(8)6(2)17/h4H,1-3H3,(H,12,13,14,16). The summed E-state index contributed by atoms with van der Waals surface area (Å²) in [5.74, 6) is -0.297. The lowest BCUT2D eigenvalue weighted by Crippen LogP contribution is -2.11. The Balaban J connectivity index is 2.66. The molecule has 0 atom stereocenters. The normalized spacial score (nSPS) is 10.6. The fourth-order valence-electron chi connectivity index (χ4n) is 1.46. The Morgan fingerprint density at radius 2 is 2.06 bits per heavy atom. The molecule has 94 valence electrons. The maximum atomic E-state index is 11.4. The molecule has 0 fully saturated rings. The van der Waals surface area contributed by atoms with Gasteiger partial charge in [-0.1, -0.05) is 0 Å². The summed E-state index contributed by atoms with van der Waals surface area (Å²) in [7, 11) is 0. The Bertz CT molecular complexity index is 636. The predicted octanol–water partition coefficient (Wildman–Crippen LogP) is 1.17. The van der Waals surface area contributed by atoms with Crippen molar-refractivity contribution in [1.82, 2.24) is 19.5 Å². The molecule has 2 heterocycles. The van der Waals surface area contributed by atoms with E-state index in [4.69, 9.17) is 0 Å². The summed E-state index contributed by atoms with van der Waals surface area (Å²) >= 11 is 1.38. The van der Waals surface area contributed by atoms with Crippen LogP contribution in [0, 0.1) is 0 Å². The number of imidazole rings is 1. The number of rotatable bonds is 2. The van der Waals surface area contributed by atoms with E-state index < -0.39 is 0 Å². The van der Waals surface area contributed by atoms with Crippen molar-refractivity contribution >= 4 is 40.7 Å². The number of hydrogen-bond acceptors (Lipinski definition) is 6. The number of fused-ring (bicyclic) bond motifs is 1. The van der Waals surface area contributed by atoms with Gasteiger partial charge in [0.25, 0.3) is 0 Å². The molecule has 0 saturated carbocycles. The molecule has 0 saturated heterocycles. The highest BCUT2D eigenvalue weighted by atomic mass is 32.2. The molecule has 2 aromatic heterocycles. The zero-order valence-corrected chi connectivity index (χ0v) is 10.9. The summed E-state index contributed by atoms with van der Waals surface area (Å²) in [6, 6.07) is 0. The number of carbonyl (C=O) groups is 2. The molecule has 0 unspecified atom stereocenters. The second kappa shape index (κ2) is 4.73. The van der Waals surface area contributed by atoms with Gasteiger partial charge < -0.3 is 0 Å². The Labute approximate surface area is 107 Å². The van der Waals surface area contributed by atoms with Crippen molar-refractivity contribution in [2.75, 3.05) is 11.6 Å². The van der Waals surface area contributed by atoms with Gasteiger partial charge in [-0.15, -0.1) is 11.8 Å². The average Bonchev–Trinajstić information content (AvgIpc) is 2.70. The number of carbonyl (C=O) groups excluding carboxylic acids is 2. The summed E-state index contributed by atoms with van der Waals surface area (Å²) in [6.45, 7) is 2.79. The molecule has 0 aromatic carbocycles. The van der Waals surface area contributed by atoms with E-state index in [9.17, 15) is 9.59 Å². The van der Waals surface area contributed by atoms with Gasteiger partial charge >= 0.3 is 0 Å². The summed E-state index contributed by atoms with van der Waals surface area (Å²) < 4.78 is 1.32. The van der Waals surface area contributed by atoms with Crippen LogP contribution in [0.4, 0.5) is 5.95 Å². The topological polar surface area (TPSA) is 89.8 Å². The van der Waals surface area contributed by atoms with E-state index >= 15 is 0 Å². The second-order valence-corrected chi connectivity index (χ2v) is 4.34. The highest BCUT2D eigenvalue weighted by Gasteiger charge is 2.14. The number of thioether (sulfide) groups is 1. The van der Waals surface area contributed by atoms with Gasteiger partial charge in [0.2, 0.25) is 17.8 Å². The summed E-state index contributed by atoms with van der Waals surface area (Å²) in [5.41, 5.74) is 0.942. The lowest BCUT2D eigenvalue weighted by molar-refractivity contribution is -0.114. The Morgan fingerprint density at radius 3 is 2.61 bits per heavy atom. The number of aromatic nitrogens is 4. The lowest BCUT2D eigenvalue weighted by Gasteiger charge is -2.04. The molecule has 0 bridgehead atoms. The molecule has 0 spiro atoms. The van der Waals surface area contributed by atoms with Gasteiger partial charge in [-0.25, -0.2) is 9.97 Å². The molecule has 0 aliphatic heterocycles. The molecule has 1 amide bonds. The third kappa shape index (κ3) is 2.19. The number of anilines is 1. The van der Waals surface area contributed by atoms with Gasteiger partial charge in [-0.05, 0) is 6.26 Å². The van der Waals surface area contributed by atoms with Crippen LogP contribution in [0.25, 0.3) is 11.2 Å². The number of nitrogens with zero attached hydrogens (tertiary/aromatic N) is 4. The Hall–Kier alpha value is -1.96. The minimum atomic E-state index is -0.268. The second-order valence-electron chi connectivity index (χ2n) is 3.54. The molecular formula is C10H11N5O2S. The summed E-state index contributed by atoms with van der Waals surface area (Å²) in [4.78, 5) is 34.8. The molecule has 0 aliphatic carbocycles. The molecule has 0 radical (unpaired) electrons. The van der Waals surface area contributed by atoms with E-state index in [1.54, 1.807) is 0 Å². The van der Waals surface area contributed by atoms with Crippen molar-refractivity contribution in [1.29, 1.82) is 0 Å². The van der Waals surface area contributed by atoms with Crippen LogP contribution in [0.15, 0.2) is 11.4 Å². The lowest BCUT2D eigenvalue weighted by atomic mass is 10.5. The van der Waals surface area contributed by atoms with E-state index in [0.717, 1.165) is 0 Å². The van der Waals surface area contributed by atoms with Crippen LogP contribution in [-0.4, -0.2) is 37.6 Å². The number of amides is 1. The molecule has 2 rings (SSSR count). The van der Waals surface area contributed by atoms with Crippen molar-refractivity contribution in [2.24, 2.45) is 0 Å². The van der Waals surface area contributed by atoms with E-state index in [1.165, 1.54) is 36.5 Å². The van der Waals surface area contributed by atoms with Gasteiger partial charge in [-0.3, -0.25) is 19.5 Å². The van der Waals surface area contributed by atoms with Crippen LogP contribution >= 0.6 is 11.8 Å². The molecule has 1 N–H and O–H groups in total. The monoisotopic (exact) mass is 265 g/mol. The van der Waals surface area contributed by atoms with Crippen LogP contribution in [0.1, 0.15) is 18.6 Å². The SMILES string of the molecule is CSc1nc(NC(C)=O)nc2c1ncn2C(C)=O. The van der Waals surface area contributed by atoms with Crippen LogP contribution in [0.2, 0.25) is 0 Å². The van der Waals surface area contributed by atoms with Crippen molar-refractivity contribution in [3.05, 3.63) is 6.33 Å². The van der Waals surface area contributed by atoms with Crippen molar-refractivity contribution in [3.63, 3.8) is 0 Å². The highest BCUT2D eigenvalue weighted by molar-refractivity contribution is 7.98. The fourth-order valence-corrected chi connectivity index (χ4v) is 1.98. The highest BCUT2D eigenvalue weighted by Crippen LogP contribution is 2.23. The van der Waals surface area contributed by atoms with Crippen molar-refractivity contribution in [3.8, 4) is 0 Å². The smallest absolute Gasteiger partial charge is 0.232 e. The van der Waals surface area contributed by atoms with Gasteiger partial charge in [0, 0.05) is 13.8 Å². The van der Waals surface area contributed by atoms with Crippen LogP contribution in [-0.2, 0) is 4.79 Å². The van der Waals surface area contributed by atoms with E-state index in [2.05, 4.69) is 20.3 Å². The fraction of sp³-hybridized carbons (Fsp3) is 0.300. The van der Waals surface area contributed by atoms with Gasteiger partial charge in [0.15, 0.2) is 5.65 Å². The van der Waals surface area contributed by atoms with Gasteiger partial charge in [0.1, 0.15) is 16.9 Å². The molecule has 2 aromatic rings. The molecule has 7 nitrogen and oxygen atoms in total. The maximum Gasteiger partial charge on any atom is 0.232 e. The van der Waals surface area contributed by atoms with Gasteiger partial charge in [-0.2, -0.15) is 4.98 Å². The van der Waals surface area contributed by atoms with Crippen LogP contribution in [0.3, 0.4) is 0 Å². The number of nitrogens with one attached hydrogen (secondary N) is 1. The quantitative estimate of drug-likeness (QED) is 0.647. The number of hydrogen-bond donors (Lipinski definition) is 1. The van der Waals surface area contributed by atoms with E-state index in [1.807, 2.05) is 6.26 Å². The minimum Gasteiger partial charge on any atom is -0.295 e. The van der Waals surface area contributed by atoms with Crippen LogP contribution < -0.4 is 5.32 Å². The first-order valence-electron chi connectivity index (χ1n) is 5.10. The largest absolute Gasteiger partial charge is 0.295 e. The van der Waals surface area contributed by atoms with Gasteiger partial charge in [0.05, 0.1) is 0 Å². The zero-order chi connectivity index (χ0) is 13.3. The van der Waals surface area contributed by atoms with Crippen molar-refractivity contribution < 1.29 is 9.59 Å². The molecular weight excluding hydrogens is 254 g/mol. The zero-order valence-electron chi connectivity index (χ0n) is 10.1. The summed E-state index contributed by atoms with van der Waals surface area (Å²) in [6.07, 6.45) is 3.24. The molecule has 0 aliphatic rings. The summed E-state index contributed by atoms with van der Waals surface area (Å²) in [5, 5.41) is 3.12.